The van der Waals surface area contributed by atoms with Gasteiger partial charge in [-0.1, -0.05) is 0 Å². The third-order valence-electron chi connectivity index (χ3n) is 1.96. The minimum atomic E-state index is -0.656. The third kappa shape index (κ3) is 1.76. The van der Waals surface area contributed by atoms with Crippen molar-refractivity contribution in [3.63, 3.8) is 0 Å². The number of aromatic nitrogens is 1. The summed E-state index contributed by atoms with van der Waals surface area (Å²) >= 11 is 0. The summed E-state index contributed by atoms with van der Waals surface area (Å²) in [5, 5.41) is 0. The molecule has 1 aromatic heterocycles. The molecule has 0 fully saturated rings. The third-order valence-corrected chi connectivity index (χ3v) is 1.96. The molecule has 0 saturated heterocycles. The van der Waals surface area contributed by atoms with Crippen molar-refractivity contribution in [1.29, 1.82) is 0 Å². The first-order valence-electron chi connectivity index (χ1n) is 4.12. The van der Waals surface area contributed by atoms with Gasteiger partial charge in [0.25, 0.3) is 5.56 Å². The van der Waals surface area contributed by atoms with Crippen LogP contribution in [0, 0.1) is 0 Å². The van der Waals surface area contributed by atoms with E-state index in [4.69, 9.17) is 5.73 Å². The SMILES string of the molecule is COC(=O)[C@H](C)n1cccc(N)c1=O. The van der Waals surface area contributed by atoms with Gasteiger partial charge in [-0.3, -0.25) is 9.36 Å². The number of rotatable bonds is 2. The second kappa shape index (κ2) is 3.95. The molecule has 0 saturated carbocycles. The van der Waals surface area contributed by atoms with Gasteiger partial charge in [0.1, 0.15) is 6.04 Å². The molecule has 0 unspecified atom stereocenters. The van der Waals surface area contributed by atoms with E-state index in [9.17, 15) is 9.59 Å². The van der Waals surface area contributed by atoms with E-state index in [2.05, 4.69) is 4.74 Å². The summed E-state index contributed by atoms with van der Waals surface area (Å²) in [4.78, 5) is 22.6. The van der Waals surface area contributed by atoms with E-state index in [1.54, 1.807) is 13.0 Å². The monoisotopic (exact) mass is 196 g/mol. The van der Waals surface area contributed by atoms with Gasteiger partial charge >= 0.3 is 5.97 Å². The highest BCUT2D eigenvalue weighted by Crippen LogP contribution is 2.05. The lowest BCUT2D eigenvalue weighted by atomic mass is 10.3. The summed E-state index contributed by atoms with van der Waals surface area (Å²) in [6, 6.07) is 2.44. The first-order valence-corrected chi connectivity index (χ1v) is 4.12. The van der Waals surface area contributed by atoms with Gasteiger partial charge in [0.15, 0.2) is 0 Å². The normalized spacial score (nSPS) is 12.1. The molecule has 0 aliphatic rings. The van der Waals surface area contributed by atoms with Crippen molar-refractivity contribution in [2.75, 3.05) is 12.8 Å². The number of esters is 1. The molecule has 14 heavy (non-hydrogen) atoms. The molecular formula is C9H12N2O3. The van der Waals surface area contributed by atoms with Crippen LogP contribution in [0.4, 0.5) is 5.69 Å². The van der Waals surface area contributed by atoms with Crippen LogP contribution in [0.15, 0.2) is 23.1 Å². The number of nitrogen functional groups attached to an aromatic ring is 1. The number of carbonyl (C=O) groups is 1. The molecule has 5 heteroatoms. The number of nitrogens with zero attached hydrogens (tertiary/aromatic N) is 1. The van der Waals surface area contributed by atoms with E-state index < -0.39 is 12.0 Å². The van der Waals surface area contributed by atoms with Gasteiger partial charge in [-0.05, 0) is 19.1 Å². The molecule has 76 valence electrons. The number of ether oxygens (including phenoxy) is 1. The van der Waals surface area contributed by atoms with Crippen molar-refractivity contribution in [3.05, 3.63) is 28.7 Å². The molecule has 2 N–H and O–H groups in total. The van der Waals surface area contributed by atoms with E-state index >= 15 is 0 Å². The van der Waals surface area contributed by atoms with Crippen LogP contribution in [0.2, 0.25) is 0 Å². The minimum Gasteiger partial charge on any atom is -0.467 e. The molecule has 0 radical (unpaired) electrons. The molecule has 5 nitrogen and oxygen atoms in total. The zero-order valence-electron chi connectivity index (χ0n) is 8.06. The van der Waals surface area contributed by atoms with Gasteiger partial charge in [-0.2, -0.15) is 0 Å². The van der Waals surface area contributed by atoms with Crippen LogP contribution in [0.5, 0.6) is 0 Å². The Hall–Kier alpha value is -1.78. The topological polar surface area (TPSA) is 74.3 Å². The van der Waals surface area contributed by atoms with Crippen molar-refractivity contribution in [2.45, 2.75) is 13.0 Å². The fourth-order valence-electron chi connectivity index (χ4n) is 1.12. The first kappa shape index (κ1) is 10.3. The Morgan fingerprint density at radius 2 is 2.29 bits per heavy atom. The minimum absolute atomic E-state index is 0.114. The highest BCUT2D eigenvalue weighted by molar-refractivity contribution is 5.73. The summed E-state index contributed by atoms with van der Waals surface area (Å²) in [7, 11) is 1.27. The number of anilines is 1. The number of nitrogens with two attached hydrogens (primary N) is 1. The van der Waals surface area contributed by atoms with Crippen molar-refractivity contribution >= 4 is 11.7 Å². The van der Waals surface area contributed by atoms with Crippen LogP contribution in [0.25, 0.3) is 0 Å². The summed E-state index contributed by atoms with van der Waals surface area (Å²) < 4.78 is 5.76. The maximum atomic E-state index is 11.5. The van der Waals surface area contributed by atoms with Crippen molar-refractivity contribution < 1.29 is 9.53 Å². The Morgan fingerprint density at radius 3 is 2.86 bits per heavy atom. The number of hydrogen-bond donors (Lipinski definition) is 1. The molecule has 0 spiro atoms. The predicted octanol–water partition coefficient (Wildman–Crippen LogP) is 0.165. The fraction of sp³-hybridized carbons (Fsp3) is 0.333. The van der Waals surface area contributed by atoms with Crippen LogP contribution >= 0.6 is 0 Å². The molecule has 0 bridgehead atoms. The quantitative estimate of drug-likeness (QED) is 0.684. The standard InChI is InChI=1S/C9H12N2O3/c1-6(9(13)14-2)11-5-3-4-7(10)8(11)12/h3-6H,10H2,1-2H3/t6-/m0/s1. The van der Waals surface area contributed by atoms with Crippen LogP contribution in [-0.2, 0) is 9.53 Å². The smallest absolute Gasteiger partial charge is 0.328 e. The Kier molecular flexibility index (Phi) is 2.91. The van der Waals surface area contributed by atoms with E-state index in [1.165, 1.54) is 23.9 Å². The largest absolute Gasteiger partial charge is 0.467 e. The second-order valence-electron chi connectivity index (χ2n) is 2.88. The van der Waals surface area contributed by atoms with Gasteiger partial charge < -0.3 is 10.5 Å². The Bertz CT molecular complexity index is 397. The zero-order valence-corrected chi connectivity index (χ0v) is 8.06. The van der Waals surface area contributed by atoms with Crippen molar-refractivity contribution in [3.8, 4) is 0 Å². The van der Waals surface area contributed by atoms with Gasteiger partial charge in [-0.15, -0.1) is 0 Å². The molecule has 0 amide bonds. The van der Waals surface area contributed by atoms with E-state index in [0.29, 0.717) is 0 Å². The summed E-state index contributed by atoms with van der Waals surface area (Å²) in [5.41, 5.74) is 5.14. The molecule has 1 atom stereocenters. The van der Waals surface area contributed by atoms with Crippen molar-refractivity contribution in [1.82, 2.24) is 4.57 Å². The van der Waals surface area contributed by atoms with Gasteiger partial charge in [0, 0.05) is 6.20 Å². The van der Waals surface area contributed by atoms with Gasteiger partial charge in [-0.25, -0.2) is 4.79 Å². The zero-order chi connectivity index (χ0) is 10.7. The van der Waals surface area contributed by atoms with Gasteiger partial charge in [0.05, 0.1) is 12.8 Å². The molecule has 1 heterocycles. The average Bonchev–Trinajstić information content (AvgIpc) is 2.20. The molecule has 0 aromatic carbocycles. The molecule has 1 aromatic rings. The average molecular weight is 196 g/mol. The first-order chi connectivity index (χ1) is 6.57. The maximum Gasteiger partial charge on any atom is 0.328 e. The van der Waals surface area contributed by atoms with Crippen LogP contribution in [0.1, 0.15) is 13.0 Å². The Morgan fingerprint density at radius 1 is 1.64 bits per heavy atom. The summed E-state index contributed by atoms with van der Waals surface area (Å²) in [6.07, 6.45) is 1.50. The molecule has 0 aliphatic heterocycles. The van der Waals surface area contributed by atoms with Gasteiger partial charge in [0.2, 0.25) is 0 Å². The molecular weight excluding hydrogens is 184 g/mol. The lowest BCUT2D eigenvalue weighted by Gasteiger charge is -2.12. The molecule has 0 aliphatic carbocycles. The second-order valence-corrected chi connectivity index (χ2v) is 2.88. The highest BCUT2D eigenvalue weighted by Gasteiger charge is 2.16. The van der Waals surface area contributed by atoms with E-state index in [-0.39, 0.29) is 11.2 Å². The summed E-state index contributed by atoms with van der Waals surface area (Å²) in [5.74, 6) is -0.474. The lowest BCUT2D eigenvalue weighted by molar-refractivity contribution is -0.144. The van der Waals surface area contributed by atoms with Crippen LogP contribution in [-0.4, -0.2) is 17.6 Å². The number of hydrogen-bond acceptors (Lipinski definition) is 4. The number of pyridine rings is 1. The van der Waals surface area contributed by atoms with E-state index in [0.717, 1.165) is 0 Å². The highest BCUT2D eigenvalue weighted by atomic mass is 16.5. The van der Waals surface area contributed by atoms with Crippen LogP contribution in [0.3, 0.4) is 0 Å². The van der Waals surface area contributed by atoms with E-state index in [1.807, 2.05) is 0 Å². The Balaban J connectivity index is 3.14. The van der Waals surface area contributed by atoms with Crippen LogP contribution < -0.4 is 11.3 Å². The Labute approximate surface area is 81.1 Å². The predicted molar refractivity (Wildman–Crippen MR) is 51.8 cm³/mol. The fourth-order valence-corrected chi connectivity index (χ4v) is 1.12. The maximum absolute atomic E-state index is 11.5. The lowest BCUT2D eigenvalue weighted by Crippen LogP contribution is -2.29. The molecule has 1 rings (SSSR count). The number of carbonyl (C=O) groups excluding carboxylic acids is 1. The summed E-state index contributed by atoms with van der Waals surface area (Å²) in [6.45, 7) is 1.58. The van der Waals surface area contributed by atoms with Crippen molar-refractivity contribution in [2.24, 2.45) is 0 Å². The number of methoxy groups -OCH3 is 1.